The van der Waals surface area contributed by atoms with Gasteiger partial charge in [0.25, 0.3) is 5.91 Å². The van der Waals surface area contributed by atoms with Gasteiger partial charge in [-0.3, -0.25) is 4.79 Å². The molecule has 0 aliphatic carbocycles. The summed E-state index contributed by atoms with van der Waals surface area (Å²) in [7, 11) is 0. The van der Waals surface area contributed by atoms with E-state index in [-0.39, 0.29) is 5.91 Å². The number of carbonyl (C=O) groups is 1. The molecule has 0 unspecified atom stereocenters. The van der Waals surface area contributed by atoms with Gasteiger partial charge in [0.2, 0.25) is 0 Å². The summed E-state index contributed by atoms with van der Waals surface area (Å²) in [6, 6.07) is 3.83. The smallest absolute Gasteiger partial charge is 0.251 e. The van der Waals surface area contributed by atoms with Crippen molar-refractivity contribution in [3.8, 4) is 0 Å². The van der Waals surface area contributed by atoms with E-state index in [1.165, 1.54) is 0 Å². The van der Waals surface area contributed by atoms with Crippen LogP contribution in [-0.4, -0.2) is 24.7 Å². The van der Waals surface area contributed by atoms with Gasteiger partial charge in [-0.1, -0.05) is 0 Å². The van der Waals surface area contributed by atoms with Crippen LogP contribution in [0.25, 0.3) is 0 Å². The zero-order chi connectivity index (χ0) is 12.8. The van der Waals surface area contributed by atoms with E-state index in [9.17, 15) is 4.79 Å². The monoisotopic (exact) mass is 251 g/mol. The topological polar surface area (TPSA) is 51.5 Å². The normalized spacial score (nSPS) is 23.8. The van der Waals surface area contributed by atoms with Crippen LogP contribution in [0.3, 0.4) is 0 Å². The maximum atomic E-state index is 12.0. The largest absolute Gasteiger partial charge is 0.469 e. The average Bonchev–Trinajstić information content (AvgIpc) is 2.88. The summed E-state index contributed by atoms with van der Waals surface area (Å²) in [5, 5.41) is 2.95. The average molecular weight is 251 g/mol. The van der Waals surface area contributed by atoms with Gasteiger partial charge in [0.15, 0.2) is 0 Å². The molecule has 0 spiro atoms. The minimum absolute atomic E-state index is 0.0154. The van der Waals surface area contributed by atoms with E-state index >= 15 is 0 Å². The number of rotatable bonds is 5. The van der Waals surface area contributed by atoms with Gasteiger partial charge < -0.3 is 14.5 Å². The maximum absolute atomic E-state index is 12.0. The zero-order valence-electron chi connectivity index (χ0n) is 10.9. The van der Waals surface area contributed by atoms with Gasteiger partial charge in [0.05, 0.1) is 6.26 Å². The molecule has 1 saturated heterocycles. The number of furan rings is 1. The molecule has 1 aromatic rings. The molecule has 1 aliphatic heterocycles. The summed E-state index contributed by atoms with van der Waals surface area (Å²) < 4.78 is 10.8. The summed E-state index contributed by atoms with van der Waals surface area (Å²) in [6.45, 7) is 3.24. The highest BCUT2D eigenvalue weighted by Gasteiger charge is 2.35. The lowest BCUT2D eigenvalue weighted by Gasteiger charge is -2.32. The van der Waals surface area contributed by atoms with Gasteiger partial charge in [-0.05, 0) is 44.7 Å². The number of carbonyl (C=O) groups excluding carboxylic acids is 1. The molecule has 1 aliphatic rings. The number of hydrogen-bond acceptors (Lipinski definition) is 3. The highest BCUT2D eigenvalue weighted by molar-refractivity contribution is 5.84. The first-order valence-corrected chi connectivity index (χ1v) is 6.65. The second-order valence-electron chi connectivity index (χ2n) is 4.98. The van der Waals surface area contributed by atoms with Crippen molar-refractivity contribution in [3.05, 3.63) is 24.2 Å². The fourth-order valence-corrected chi connectivity index (χ4v) is 2.22. The van der Waals surface area contributed by atoms with Crippen LogP contribution in [0.1, 0.15) is 38.4 Å². The molecule has 1 atom stereocenters. The number of amides is 1. The quantitative estimate of drug-likeness (QED) is 0.817. The van der Waals surface area contributed by atoms with Crippen molar-refractivity contribution < 1.29 is 13.9 Å². The maximum Gasteiger partial charge on any atom is 0.251 e. The van der Waals surface area contributed by atoms with Crippen LogP contribution >= 0.6 is 0 Å². The van der Waals surface area contributed by atoms with Crippen LogP contribution in [0.5, 0.6) is 0 Å². The van der Waals surface area contributed by atoms with Crippen LogP contribution in [-0.2, 0) is 16.0 Å². The first-order valence-electron chi connectivity index (χ1n) is 6.65. The van der Waals surface area contributed by atoms with Crippen molar-refractivity contribution in [1.29, 1.82) is 0 Å². The number of aryl methyl sites for hydroxylation is 1. The zero-order valence-corrected chi connectivity index (χ0v) is 10.9. The number of nitrogens with one attached hydrogen (secondary N) is 1. The molecular weight excluding hydrogens is 230 g/mol. The Balaban J connectivity index is 1.68. The van der Waals surface area contributed by atoms with Crippen molar-refractivity contribution in [2.45, 2.75) is 44.6 Å². The molecule has 0 bridgehead atoms. The van der Waals surface area contributed by atoms with Gasteiger partial charge in [-0.25, -0.2) is 0 Å². The number of ether oxygens (including phenoxy) is 1. The highest BCUT2D eigenvalue weighted by atomic mass is 16.5. The fraction of sp³-hybridized carbons (Fsp3) is 0.643. The van der Waals surface area contributed by atoms with Crippen molar-refractivity contribution >= 4 is 5.91 Å². The first kappa shape index (κ1) is 13.1. The molecule has 1 fully saturated rings. The van der Waals surface area contributed by atoms with E-state index in [0.717, 1.165) is 37.9 Å². The third-order valence-electron chi connectivity index (χ3n) is 3.41. The Kier molecular flexibility index (Phi) is 4.42. The predicted molar refractivity (Wildman–Crippen MR) is 68.2 cm³/mol. The highest BCUT2D eigenvalue weighted by Crippen LogP contribution is 2.24. The molecule has 2 rings (SSSR count). The minimum atomic E-state index is -0.622. The van der Waals surface area contributed by atoms with Gasteiger partial charge >= 0.3 is 0 Å². The van der Waals surface area contributed by atoms with Crippen LogP contribution in [0.2, 0.25) is 0 Å². The van der Waals surface area contributed by atoms with Crippen molar-refractivity contribution in [1.82, 2.24) is 5.32 Å². The summed E-state index contributed by atoms with van der Waals surface area (Å²) >= 11 is 0. The molecule has 1 N–H and O–H groups in total. The Hall–Kier alpha value is -1.29. The third-order valence-corrected chi connectivity index (χ3v) is 3.41. The lowest BCUT2D eigenvalue weighted by atomic mass is 9.95. The molecule has 1 aromatic heterocycles. The van der Waals surface area contributed by atoms with Crippen molar-refractivity contribution in [2.24, 2.45) is 0 Å². The third kappa shape index (κ3) is 3.35. The Morgan fingerprint density at radius 2 is 2.39 bits per heavy atom. The Morgan fingerprint density at radius 3 is 3.06 bits per heavy atom. The van der Waals surface area contributed by atoms with Crippen molar-refractivity contribution in [2.75, 3.05) is 13.2 Å². The van der Waals surface area contributed by atoms with Gasteiger partial charge in [-0.2, -0.15) is 0 Å². The molecule has 1 amide bonds. The van der Waals surface area contributed by atoms with Gasteiger partial charge in [-0.15, -0.1) is 0 Å². The second kappa shape index (κ2) is 6.05. The molecule has 0 saturated carbocycles. The van der Waals surface area contributed by atoms with Crippen molar-refractivity contribution in [3.63, 3.8) is 0 Å². The molecule has 100 valence electrons. The first-order chi connectivity index (χ1) is 8.71. The molecule has 4 heteroatoms. The predicted octanol–water partition coefficient (Wildman–Crippen LogP) is 2.29. The molecule has 0 radical (unpaired) electrons. The van der Waals surface area contributed by atoms with E-state index in [4.69, 9.17) is 9.15 Å². The second-order valence-corrected chi connectivity index (χ2v) is 4.98. The van der Waals surface area contributed by atoms with Crippen LogP contribution in [0.4, 0.5) is 0 Å². The molecule has 0 aromatic carbocycles. The van der Waals surface area contributed by atoms with Gasteiger partial charge in [0.1, 0.15) is 11.4 Å². The van der Waals surface area contributed by atoms with E-state index in [0.29, 0.717) is 13.2 Å². The van der Waals surface area contributed by atoms with E-state index in [2.05, 4.69) is 5.32 Å². The van der Waals surface area contributed by atoms with E-state index < -0.39 is 5.60 Å². The lowest BCUT2D eigenvalue weighted by molar-refractivity contribution is -0.150. The number of hydrogen-bond donors (Lipinski definition) is 1. The molecule has 18 heavy (non-hydrogen) atoms. The standard InChI is InChI=1S/C14H21NO3/c1-14(8-2-3-11-18-14)13(16)15-9-4-6-12-7-5-10-17-12/h5,7,10H,2-4,6,8-9,11H2,1H3,(H,15,16)/t14-/m1/s1. The molecular formula is C14H21NO3. The Labute approximate surface area is 108 Å². The lowest BCUT2D eigenvalue weighted by Crippen LogP contribution is -2.48. The summed E-state index contributed by atoms with van der Waals surface area (Å²) in [5.74, 6) is 0.978. The SMILES string of the molecule is C[C@]1(C(=O)NCCCc2ccco2)CCCCO1. The summed E-state index contributed by atoms with van der Waals surface area (Å²) in [4.78, 5) is 12.0. The van der Waals surface area contributed by atoms with E-state index in [1.54, 1.807) is 6.26 Å². The van der Waals surface area contributed by atoms with E-state index in [1.807, 2.05) is 19.1 Å². The molecule has 2 heterocycles. The fourth-order valence-electron chi connectivity index (χ4n) is 2.22. The van der Waals surface area contributed by atoms with Gasteiger partial charge in [0, 0.05) is 19.6 Å². The van der Waals surface area contributed by atoms with Crippen LogP contribution < -0.4 is 5.32 Å². The summed E-state index contributed by atoms with van der Waals surface area (Å²) in [5.41, 5.74) is -0.622. The molecule has 4 nitrogen and oxygen atoms in total. The van der Waals surface area contributed by atoms with Crippen LogP contribution in [0, 0.1) is 0 Å². The minimum Gasteiger partial charge on any atom is -0.469 e. The Bertz CT molecular complexity index is 366. The Morgan fingerprint density at radius 1 is 1.50 bits per heavy atom. The summed E-state index contributed by atoms with van der Waals surface area (Å²) in [6.07, 6.45) is 6.35. The van der Waals surface area contributed by atoms with Crippen LogP contribution in [0.15, 0.2) is 22.8 Å².